The van der Waals surface area contributed by atoms with Crippen LogP contribution in [0, 0.1) is 13.8 Å². The fraction of sp³-hybridized carbons (Fsp3) is 0.469. The zero-order chi connectivity index (χ0) is 28.1. The number of ether oxygens (including phenoxy) is 2. The van der Waals surface area contributed by atoms with E-state index in [1.807, 2.05) is 47.6 Å². The van der Waals surface area contributed by atoms with Crippen LogP contribution in [0.4, 0.5) is 0 Å². The second-order valence-corrected chi connectivity index (χ2v) is 11.4. The van der Waals surface area contributed by atoms with Crippen molar-refractivity contribution >= 4 is 5.78 Å². The van der Waals surface area contributed by atoms with Gasteiger partial charge >= 0.3 is 0 Å². The van der Waals surface area contributed by atoms with Crippen molar-refractivity contribution in [3.8, 4) is 23.0 Å². The van der Waals surface area contributed by atoms with Crippen molar-refractivity contribution in [3.05, 3.63) is 67.8 Å². The van der Waals surface area contributed by atoms with Gasteiger partial charge in [0.15, 0.2) is 0 Å². The number of hydrogen-bond donors (Lipinski definition) is 3. The molecule has 2 aliphatic rings. The summed E-state index contributed by atoms with van der Waals surface area (Å²) in [5, 5.41) is 33.5. The van der Waals surface area contributed by atoms with Gasteiger partial charge in [0, 0.05) is 41.2 Å². The third-order valence-corrected chi connectivity index (χ3v) is 7.97. The van der Waals surface area contributed by atoms with E-state index in [-0.39, 0.29) is 42.0 Å². The zero-order valence-electron chi connectivity index (χ0n) is 23.8. The third-order valence-electron chi connectivity index (χ3n) is 7.97. The molecular weight excluding hydrogens is 480 g/mol. The second-order valence-electron chi connectivity index (χ2n) is 11.4. The van der Waals surface area contributed by atoms with Gasteiger partial charge in [-0.1, -0.05) is 23.3 Å². The molecule has 38 heavy (non-hydrogen) atoms. The third kappa shape index (κ3) is 4.71. The first-order chi connectivity index (χ1) is 17.8. The van der Waals surface area contributed by atoms with Gasteiger partial charge in [-0.2, -0.15) is 0 Å². The minimum Gasteiger partial charge on any atom is -0.507 e. The molecule has 0 saturated heterocycles. The predicted molar refractivity (Wildman–Crippen MR) is 148 cm³/mol. The van der Waals surface area contributed by atoms with Crippen LogP contribution in [-0.2, 0) is 41.8 Å². The smallest absolute Gasteiger partial charge is 0.215 e. The Hall–Kier alpha value is -3.25. The van der Waals surface area contributed by atoms with E-state index < -0.39 is 5.79 Å². The minimum atomic E-state index is -1.08. The summed E-state index contributed by atoms with van der Waals surface area (Å²) in [4.78, 5) is 12.4. The molecule has 204 valence electrons. The van der Waals surface area contributed by atoms with Crippen molar-refractivity contribution in [1.82, 2.24) is 0 Å². The Morgan fingerprint density at radius 3 is 2.03 bits per heavy atom. The molecule has 0 aliphatic carbocycles. The maximum Gasteiger partial charge on any atom is 0.215 e. The number of Topliss-reactive ketones (excluding diaryl/α,β-unsaturated/α-hetero) is 1. The van der Waals surface area contributed by atoms with Crippen molar-refractivity contribution in [2.45, 2.75) is 99.4 Å². The van der Waals surface area contributed by atoms with Gasteiger partial charge in [0.2, 0.25) is 5.79 Å². The van der Waals surface area contributed by atoms with Crippen molar-refractivity contribution < 1.29 is 29.6 Å². The highest BCUT2D eigenvalue weighted by Gasteiger charge is 2.50. The van der Waals surface area contributed by atoms with Crippen LogP contribution in [0.5, 0.6) is 23.0 Å². The molecule has 4 rings (SSSR count). The van der Waals surface area contributed by atoms with Gasteiger partial charge in [0.25, 0.3) is 0 Å². The Labute approximate surface area is 225 Å². The molecule has 0 bridgehead atoms. The SMILES string of the molecule is CC(=O)Cc1c(CC=C(C)C)c(O)c(C)c2c1C[C@@H]1c3c(CC=C(C)C)c(O)c(C)c(O)c3CO[C@]1(C)O2. The normalized spacial score (nSPS) is 19.5. The number of allylic oxidation sites excluding steroid dienone is 4. The van der Waals surface area contributed by atoms with E-state index >= 15 is 0 Å². The molecule has 0 fully saturated rings. The van der Waals surface area contributed by atoms with E-state index in [0.29, 0.717) is 41.7 Å². The zero-order valence-corrected chi connectivity index (χ0v) is 23.8. The van der Waals surface area contributed by atoms with Gasteiger partial charge in [-0.15, -0.1) is 0 Å². The largest absolute Gasteiger partial charge is 0.507 e. The standard InChI is InChI=1S/C32H40O6/c1-16(2)9-11-21-23(13-18(5)33)24-14-26-27-22(12-10-17(3)4)28(34)19(6)29(35)25(27)15-37-32(26,8)38-31(24)20(7)30(21)36/h9-10,26,34-36H,11-15H2,1-8H3/t26-,32-/m1/s1. The highest BCUT2D eigenvalue weighted by Crippen LogP contribution is 2.55. The first-order valence-electron chi connectivity index (χ1n) is 13.3. The number of benzene rings is 2. The van der Waals surface area contributed by atoms with Crippen molar-refractivity contribution in [3.63, 3.8) is 0 Å². The number of carbonyl (C=O) groups excluding carboxylic acids is 1. The highest BCUT2D eigenvalue weighted by atomic mass is 16.7. The quantitative estimate of drug-likeness (QED) is 0.375. The van der Waals surface area contributed by atoms with Crippen molar-refractivity contribution in [2.75, 3.05) is 0 Å². The van der Waals surface area contributed by atoms with E-state index in [2.05, 4.69) is 6.08 Å². The topological polar surface area (TPSA) is 96.2 Å². The van der Waals surface area contributed by atoms with Gasteiger partial charge in [0.05, 0.1) is 12.5 Å². The van der Waals surface area contributed by atoms with Gasteiger partial charge in [0.1, 0.15) is 28.8 Å². The van der Waals surface area contributed by atoms with Crippen LogP contribution in [-0.4, -0.2) is 26.9 Å². The van der Waals surface area contributed by atoms with Crippen LogP contribution in [0.2, 0.25) is 0 Å². The number of aromatic hydroxyl groups is 3. The van der Waals surface area contributed by atoms with Crippen LogP contribution in [0.25, 0.3) is 0 Å². The Morgan fingerprint density at radius 2 is 1.45 bits per heavy atom. The molecule has 2 aromatic rings. The predicted octanol–water partition coefficient (Wildman–Crippen LogP) is 6.53. The molecule has 0 spiro atoms. The molecular formula is C32H40O6. The molecule has 2 aromatic carbocycles. The number of phenolic OH excluding ortho intramolecular Hbond substituents is 3. The van der Waals surface area contributed by atoms with Crippen LogP contribution in [0.1, 0.15) is 92.0 Å². The van der Waals surface area contributed by atoms with E-state index in [0.717, 1.165) is 39.0 Å². The van der Waals surface area contributed by atoms with E-state index in [1.54, 1.807) is 13.8 Å². The number of phenols is 3. The molecule has 2 aliphatic heterocycles. The van der Waals surface area contributed by atoms with E-state index in [1.165, 1.54) is 0 Å². The van der Waals surface area contributed by atoms with Crippen LogP contribution < -0.4 is 4.74 Å². The molecule has 3 N–H and O–H groups in total. The molecule has 0 aromatic heterocycles. The van der Waals surface area contributed by atoms with Gasteiger partial charge in [-0.3, -0.25) is 4.79 Å². The first-order valence-corrected chi connectivity index (χ1v) is 13.3. The molecule has 6 nitrogen and oxygen atoms in total. The Morgan fingerprint density at radius 1 is 0.868 bits per heavy atom. The lowest BCUT2D eigenvalue weighted by molar-refractivity contribution is -0.209. The molecule has 2 heterocycles. The summed E-state index contributed by atoms with van der Waals surface area (Å²) in [5.41, 5.74) is 7.98. The summed E-state index contributed by atoms with van der Waals surface area (Å²) >= 11 is 0. The average Bonchev–Trinajstić information content (AvgIpc) is 2.83. The number of rotatable bonds is 6. The number of carbonyl (C=O) groups is 1. The Kier molecular flexibility index (Phi) is 7.41. The lowest BCUT2D eigenvalue weighted by Crippen LogP contribution is -2.49. The summed E-state index contributed by atoms with van der Waals surface area (Å²) in [6, 6.07) is 0. The lowest BCUT2D eigenvalue weighted by atomic mass is 9.73. The van der Waals surface area contributed by atoms with Crippen LogP contribution in [0.3, 0.4) is 0 Å². The summed E-state index contributed by atoms with van der Waals surface area (Å²) in [5.74, 6) is -0.607. The molecule has 0 saturated carbocycles. The lowest BCUT2D eigenvalue weighted by Gasteiger charge is -2.47. The Balaban J connectivity index is 1.99. The maximum absolute atomic E-state index is 12.4. The van der Waals surface area contributed by atoms with Gasteiger partial charge < -0.3 is 24.8 Å². The molecule has 0 radical (unpaired) electrons. The fourth-order valence-electron chi connectivity index (χ4n) is 5.82. The summed E-state index contributed by atoms with van der Waals surface area (Å²) < 4.78 is 12.9. The number of fused-ring (bicyclic) bond motifs is 4. The fourth-order valence-corrected chi connectivity index (χ4v) is 5.82. The summed E-state index contributed by atoms with van der Waals surface area (Å²) in [6.45, 7) is 15.2. The summed E-state index contributed by atoms with van der Waals surface area (Å²) in [7, 11) is 0. The van der Waals surface area contributed by atoms with Gasteiger partial charge in [-0.05, 0) is 84.4 Å². The number of ketones is 1. The van der Waals surface area contributed by atoms with Crippen LogP contribution in [0.15, 0.2) is 23.3 Å². The minimum absolute atomic E-state index is 0.00214. The number of hydrogen-bond acceptors (Lipinski definition) is 6. The summed E-state index contributed by atoms with van der Waals surface area (Å²) in [6.07, 6.45) is 5.79. The first kappa shape index (κ1) is 27.8. The van der Waals surface area contributed by atoms with Crippen molar-refractivity contribution in [1.29, 1.82) is 0 Å². The van der Waals surface area contributed by atoms with E-state index in [9.17, 15) is 20.1 Å². The average molecular weight is 521 g/mol. The van der Waals surface area contributed by atoms with E-state index in [4.69, 9.17) is 9.47 Å². The monoisotopic (exact) mass is 520 g/mol. The molecule has 0 amide bonds. The maximum atomic E-state index is 12.4. The molecule has 0 unspecified atom stereocenters. The molecule has 6 heteroatoms. The highest BCUT2D eigenvalue weighted by molar-refractivity contribution is 5.80. The Bertz CT molecular complexity index is 1370. The van der Waals surface area contributed by atoms with Crippen molar-refractivity contribution in [2.24, 2.45) is 0 Å². The second kappa shape index (κ2) is 10.1. The van der Waals surface area contributed by atoms with Crippen LogP contribution >= 0.6 is 0 Å². The molecule has 2 atom stereocenters. The van der Waals surface area contributed by atoms with Gasteiger partial charge in [-0.25, -0.2) is 0 Å².